The lowest BCUT2D eigenvalue weighted by molar-refractivity contribution is 0.520. The van der Waals surface area contributed by atoms with E-state index in [2.05, 4.69) is 31.4 Å². The van der Waals surface area contributed by atoms with Crippen LogP contribution in [0.1, 0.15) is 49.8 Å². The molecule has 0 radical (unpaired) electrons. The molecular weight excluding hydrogens is 335 g/mol. The van der Waals surface area contributed by atoms with Crippen LogP contribution in [0.15, 0.2) is 10.5 Å². The molecule has 4 nitrogen and oxygen atoms in total. The number of hydrogen-bond donors (Lipinski definition) is 1. The standard InChI is InChI=1S/C15H16BrFN4/c1-7-19-20-14-15(2,3)18-12-10(17)6-9(16)11(8-4-5-8)13(12)21(7)14/h6,8,18H,4-5H2,1-3H3. The van der Waals surface area contributed by atoms with Gasteiger partial charge in [-0.3, -0.25) is 4.57 Å². The second-order valence-electron chi connectivity index (χ2n) is 6.41. The van der Waals surface area contributed by atoms with Crippen molar-refractivity contribution in [2.45, 2.75) is 45.1 Å². The summed E-state index contributed by atoms with van der Waals surface area (Å²) in [5.74, 6) is 1.87. The number of rotatable bonds is 1. The van der Waals surface area contributed by atoms with E-state index >= 15 is 0 Å². The van der Waals surface area contributed by atoms with Gasteiger partial charge in [-0.15, -0.1) is 10.2 Å². The first-order valence-corrected chi connectivity index (χ1v) is 7.92. The first-order valence-electron chi connectivity index (χ1n) is 7.13. The van der Waals surface area contributed by atoms with E-state index in [1.807, 2.05) is 25.3 Å². The topological polar surface area (TPSA) is 42.7 Å². The van der Waals surface area contributed by atoms with E-state index in [0.29, 0.717) is 11.6 Å². The number of nitrogens with zero attached hydrogens (tertiary/aromatic N) is 3. The Morgan fingerprint density at radius 1 is 1.38 bits per heavy atom. The Bertz CT molecular complexity index is 762. The van der Waals surface area contributed by atoms with Crippen molar-refractivity contribution in [3.63, 3.8) is 0 Å². The van der Waals surface area contributed by atoms with Crippen molar-refractivity contribution in [3.05, 3.63) is 33.6 Å². The number of fused-ring (bicyclic) bond motifs is 3. The summed E-state index contributed by atoms with van der Waals surface area (Å²) in [6, 6.07) is 1.57. The number of halogens is 2. The monoisotopic (exact) mass is 350 g/mol. The fraction of sp³-hybridized carbons (Fsp3) is 0.467. The van der Waals surface area contributed by atoms with Gasteiger partial charge < -0.3 is 5.32 Å². The maximum absolute atomic E-state index is 14.5. The molecule has 1 saturated carbocycles. The van der Waals surface area contributed by atoms with Crippen LogP contribution in [0.2, 0.25) is 0 Å². The number of aryl methyl sites for hydroxylation is 1. The Morgan fingerprint density at radius 3 is 2.76 bits per heavy atom. The van der Waals surface area contributed by atoms with Gasteiger partial charge >= 0.3 is 0 Å². The molecular formula is C15H16BrFN4. The third kappa shape index (κ3) is 1.78. The second-order valence-corrected chi connectivity index (χ2v) is 7.26. The van der Waals surface area contributed by atoms with Gasteiger partial charge in [0.15, 0.2) is 5.82 Å². The molecule has 2 aliphatic rings. The first kappa shape index (κ1) is 13.2. The van der Waals surface area contributed by atoms with Crippen LogP contribution in [-0.2, 0) is 5.54 Å². The van der Waals surface area contributed by atoms with Gasteiger partial charge in [0, 0.05) is 4.47 Å². The highest BCUT2D eigenvalue weighted by Gasteiger charge is 2.40. The van der Waals surface area contributed by atoms with Gasteiger partial charge in [0.25, 0.3) is 0 Å². The molecule has 4 rings (SSSR count). The molecule has 0 unspecified atom stereocenters. The summed E-state index contributed by atoms with van der Waals surface area (Å²) in [6.45, 7) is 5.90. The maximum atomic E-state index is 14.5. The van der Waals surface area contributed by atoms with Crippen molar-refractivity contribution in [2.24, 2.45) is 0 Å². The minimum atomic E-state index is -0.455. The Hall–Kier alpha value is -1.43. The van der Waals surface area contributed by atoms with Crippen LogP contribution in [0.5, 0.6) is 0 Å². The van der Waals surface area contributed by atoms with E-state index in [-0.39, 0.29) is 5.82 Å². The van der Waals surface area contributed by atoms with Gasteiger partial charge in [-0.1, -0.05) is 15.9 Å². The lowest BCUT2D eigenvalue weighted by atomic mass is 9.96. The molecule has 1 aromatic carbocycles. The molecule has 1 fully saturated rings. The summed E-state index contributed by atoms with van der Waals surface area (Å²) in [5, 5.41) is 11.8. The van der Waals surface area contributed by atoms with Crippen molar-refractivity contribution in [3.8, 4) is 5.69 Å². The van der Waals surface area contributed by atoms with Crippen LogP contribution in [0.3, 0.4) is 0 Å². The predicted octanol–water partition coefficient (Wildman–Crippen LogP) is 4.02. The second kappa shape index (κ2) is 4.06. The maximum Gasteiger partial charge on any atom is 0.162 e. The van der Waals surface area contributed by atoms with Crippen LogP contribution >= 0.6 is 15.9 Å². The third-order valence-electron chi connectivity index (χ3n) is 4.27. The van der Waals surface area contributed by atoms with Crippen LogP contribution in [0, 0.1) is 12.7 Å². The molecule has 2 aromatic rings. The number of aromatic nitrogens is 3. The molecule has 0 amide bonds. The smallest absolute Gasteiger partial charge is 0.162 e. The molecule has 110 valence electrons. The van der Waals surface area contributed by atoms with Crippen LogP contribution in [-0.4, -0.2) is 14.8 Å². The molecule has 0 spiro atoms. The van der Waals surface area contributed by atoms with Gasteiger partial charge in [0.05, 0.1) is 16.9 Å². The zero-order valence-electron chi connectivity index (χ0n) is 12.2. The van der Waals surface area contributed by atoms with Gasteiger partial charge in [-0.05, 0) is 51.2 Å². The molecule has 0 bridgehead atoms. The Morgan fingerprint density at radius 2 is 2.10 bits per heavy atom. The van der Waals surface area contributed by atoms with Gasteiger partial charge in [0.2, 0.25) is 0 Å². The van der Waals surface area contributed by atoms with Crippen molar-refractivity contribution < 1.29 is 4.39 Å². The molecule has 1 aliphatic carbocycles. The van der Waals surface area contributed by atoms with Gasteiger partial charge in [-0.2, -0.15) is 0 Å². The normalized spacial score (nSPS) is 18.9. The zero-order chi connectivity index (χ0) is 14.9. The summed E-state index contributed by atoms with van der Waals surface area (Å²) in [5.41, 5.74) is 2.14. The average Bonchev–Trinajstić information content (AvgIpc) is 3.14. The van der Waals surface area contributed by atoms with Crippen LogP contribution in [0.25, 0.3) is 5.69 Å². The lowest BCUT2D eigenvalue weighted by Crippen LogP contribution is -2.37. The Balaban J connectivity index is 2.11. The highest BCUT2D eigenvalue weighted by atomic mass is 79.9. The minimum absolute atomic E-state index is 0.242. The van der Waals surface area contributed by atoms with Crippen LogP contribution < -0.4 is 5.32 Å². The summed E-state index contributed by atoms with van der Waals surface area (Å²) in [4.78, 5) is 0. The van der Waals surface area contributed by atoms with Crippen LogP contribution in [0.4, 0.5) is 10.1 Å². The molecule has 0 atom stereocenters. The van der Waals surface area contributed by atoms with Crippen molar-refractivity contribution in [2.75, 3.05) is 5.32 Å². The molecule has 2 heterocycles. The quantitative estimate of drug-likeness (QED) is 0.844. The molecule has 21 heavy (non-hydrogen) atoms. The fourth-order valence-electron chi connectivity index (χ4n) is 3.14. The minimum Gasteiger partial charge on any atom is -0.369 e. The van der Waals surface area contributed by atoms with Crippen molar-refractivity contribution in [1.29, 1.82) is 0 Å². The number of anilines is 1. The Kier molecular flexibility index (Phi) is 2.56. The van der Waals surface area contributed by atoms with E-state index in [4.69, 9.17) is 0 Å². The molecule has 1 N–H and O–H groups in total. The number of benzene rings is 1. The van der Waals surface area contributed by atoms with Crippen molar-refractivity contribution >= 4 is 21.6 Å². The average molecular weight is 351 g/mol. The predicted molar refractivity (Wildman–Crippen MR) is 82.4 cm³/mol. The fourth-order valence-corrected chi connectivity index (χ4v) is 3.85. The Labute approximate surface area is 130 Å². The zero-order valence-corrected chi connectivity index (χ0v) is 13.8. The molecule has 1 aliphatic heterocycles. The summed E-state index contributed by atoms with van der Waals surface area (Å²) < 4.78 is 17.4. The number of nitrogens with one attached hydrogen (secondary N) is 1. The van der Waals surface area contributed by atoms with Gasteiger partial charge in [-0.25, -0.2) is 4.39 Å². The molecule has 0 saturated heterocycles. The summed E-state index contributed by atoms with van der Waals surface area (Å²) in [6.07, 6.45) is 2.30. The SMILES string of the molecule is Cc1nnc2n1-c1c(c(F)cc(Br)c1C1CC1)NC2(C)C. The number of hydrogen-bond acceptors (Lipinski definition) is 3. The molecule has 6 heteroatoms. The van der Waals surface area contributed by atoms with E-state index in [1.54, 1.807) is 6.07 Å². The highest BCUT2D eigenvalue weighted by Crippen LogP contribution is 2.51. The van der Waals surface area contributed by atoms with E-state index in [9.17, 15) is 4.39 Å². The van der Waals surface area contributed by atoms with Crippen molar-refractivity contribution in [1.82, 2.24) is 14.8 Å². The van der Waals surface area contributed by atoms with E-state index in [0.717, 1.165) is 34.7 Å². The highest BCUT2D eigenvalue weighted by molar-refractivity contribution is 9.10. The third-order valence-corrected chi connectivity index (χ3v) is 4.93. The largest absolute Gasteiger partial charge is 0.369 e. The van der Waals surface area contributed by atoms with E-state index in [1.165, 1.54) is 5.56 Å². The summed E-state index contributed by atoms with van der Waals surface area (Å²) in [7, 11) is 0. The van der Waals surface area contributed by atoms with E-state index < -0.39 is 5.54 Å². The molecule has 1 aromatic heterocycles. The summed E-state index contributed by atoms with van der Waals surface area (Å²) >= 11 is 3.54. The lowest BCUT2D eigenvalue weighted by Gasteiger charge is -2.35. The van der Waals surface area contributed by atoms with Gasteiger partial charge in [0.1, 0.15) is 11.6 Å². The first-order chi connectivity index (χ1) is 9.90.